The van der Waals surface area contributed by atoms with Crippen LogP contribution in [-0.4, -0.2) is 36.3 Å². The van der Waals surface area contributed by atoms with Crippen LogP contribution in [0.3, 0.4) is 0 Å². The van der Waals surface area contributed by atoms with Gasteiger partial charge in [-0.05, 0) is 36.8 Å². The van der Waals surface area contributed by atoms with Gasteiger partial charge in [-0.2, -0.15) is 0 Å². The lowest BCUT2D eigenvalue weighted by Gasteiger charge is -2.27. The summed E-state index contributed by atoms with van der Waals surface area (Å²) in [6, 6.07) is 19.4. The summed E-state index contributed by atoms with van der Waals surface area (Å²) < 4.78 is 18.6. The number of rotatable bonds is 8. The first kappa shape index (κ1) is 27.5. The fourth-order valence-electron chi connectivity index (χ4n) is 4.71. The molecule has 1 aliphatic heterocycles. The molecule has 0 bridgehead atoms. The Balaban J connectivity index is 1.84. The third kappa shape index (κ3) is 5.14. The maximum atomic E-state index is 14.0. The summed E-state index contributed by atoms with van der Waals surface area (Å²) in [5, 5.41) is 11.1. The molecule has 0 spiro atoms. The molecule has 41 heavy (non-hydrogen) atoms. The van der Waals surface area contributed by atoms with Crippen molar-refractivity contribution >= 4 is 34.8 Å². The Morgan fingerprint density at radius 2 is 1.78 bits per heavy atom. The van der Waals surface area contributed by atoms with Crippen LogP contribution in [0, 0.1) is 10.1 Å². The number of thiazole rings is 1. The minimum Gasteiger partial charge on any atom is -0.493 e. The van der Waals surface area contributed by atoms with Crippen molar-refractivity contribution in [2.45, 2.75) is 13.0 Å². The van der Waals surface area contributed by atoms with Crippen LogP contribution in [0.4, 0.5) is 5.69 Å². The molecule has 0 amide bonds. The standard InChI is InChI=1S/C30H25N3O7S/c1-4-40-29(35)24-25(19-9-6-5-7-10-19)31-30-32(26(24)21-11-8-12-22(38-2)27(21)39-3)28(34)23(41-30)17-18-13-15-20(16-14-18)33(36)37/h5-17,26H,4H2,1-3H3. The normalized spacial score (nSPS) is 14.7. The van der Waals surface area contributed by atoms with Crippen molar-refractivity contribution in [1.29, 1.82) is 0 Å². The number of non-ortho nitro benzene ring substituents is 1. The number of methoxy groups -OCH3 is 2. The van der Waals surface area contributed by atoms with Gasteiger partial charge in [0.25, 0.3) is 11.2 Å². The molecule has 0 N–H and O–H groups in total. The predicted molar refractivity (Wildman–Crippen MR) is 154 cm³/mol. The van der Waals surface area contributed by atoms with Crippen molar-refractivity contribution in [2.75, 3.05) is 20.8 Å². The molecule has 3 aromatic carbocycles. The SMILES string of the molecule is CCOC(=O)C1=C(c2ccccc2)N=c2sc(=Cc3ccc([N+](=O)[O-])cc3)c(=O)n2C1c1cccc(OC)c1OC. The Labute approximate surface area is 238 Å². The highest BCUT2D eigenvalue weighted by Crippen LogP contribution is 2.42. The second-order valence-corrected chi connectivity index (χ2v) is 9.87. The summed E-state index contributed by atoms with van der Waals surface area (Å²) in [4.78, 5) is 43.4. The molecule has 1 atom stereocenters. The Hall–Kier alpha value is -5.03. The second-order valence-electron chi connectivity index (χ2n) is 8.86. The quantitative estimate of drug-likeness (QED) is 0.179. The van der Waals surface area contributed by atoms with Gasteiger partial charge in [0.1, 0.15) is 6.04 Å². The molecular formula is C30H25N3O7S. The molecule has 1 aromatic heterocycles. The van der Waals surface area contributed by atoms with E-state index in [2.05, 4.69) is 0 Å². The van der Waals surface area contributed by atoms with Crippen molar-refractivity contribution in [2.24, 2.45) is 4.99 Å². The molecule has 4 aromatic rings. The number of benzene rings is 3. The molecule has 0 aliphatic carbocycles. The Morgan fingerprint density at radius 1 is 1.05 bits per heavy atom. The van der Waals surface area contributed by atoms with Crippen molar-refractivity contribution in [3.05, 3.63) is 125 Å². The predicted octanol–water partition coefficient (Wildman–Crippen LogP) is 3.86. The third-order valence-corrected chi connectivity index (χ3v) is 7.49. The lowest BCUT2D eigenvalue weighted by atomic mass is 9.92. The lowest BCUT2D eigenvalue weighted by molar-refractivity contribution is -0.384. The van der Waals surface area contributed by atoms with Crippen LogP contribution in [0.5, 0.6) is 11.5 Å². The number of aromatic nitrogens is 1. The Bertz CT molecular complexity index is 1840. The highest BCUT2D eigenvalue weighted by molar-refractivity contribution is 7.07. The van der Waals surface area contributed by atoms with E-state index >= 15 is 0 Å². The molecule has 0 radical (unpaired) electrons. The van der Waals surface area contributed by atoms with E-state index in [-0.39, 0.29) is 17.9 Å². The van der Waals surface area contributed by atoms with E-state index in [1.165, 1.54) is 30.9 Å². The number of carbonyl (C=O) groups excluding carboxylic acids is 1. The van der Waals surface area contributed by atoms with Gasteiger partial charge >= 0.3 is 5.97 Å². The minimum atomic E-state index is -0.954. The summed E-state index contributed by atoms with van der Waals surface area (Å²) in [5.74, 6) is 0.176. The summed E-state index contributed by atoms with van der Waals surface area (Å²) in [7, 11) is 3.00. The second kappa shape index (κ2) is 11.6. The average Bonchev–Trinajstić information content (AvgIpc) is 3.30. The monoisotopic (exact) mass is 571 g/mol. The first-order valence-corrected chi connectivity index (χ1v) is 13.4. The maximum Gasteiger partial charge on any atom is 0.338 e. The van der Waals surface area contributed by atoms with Crippen LogP contribution in [0.25, 0.3) is 11.8 Å². The van der Waals surface area contributed by atoms with Crippen molar-refractivity contribution < 1.29 is 23.9 Å². The van der Waals surface area contributed by atoms with Gasteiger partial charge in [0.15, 0.2) is 16.3 Å². The summed E-state index contributed by atoms with van der Waals surface area (Å²) >= 11 is 1.15. The molecule has 0 fully saturated rings. The van der Waals surface area contributed by atoms with Gasteiger partial charge < -0.3 is 14.2 Å². The van der Waals surface area contributed by atoms with Crippen LogP contribution in [0.15, 0.2) is 88.2 Å². The summed E-state index contributed by atoms with van der Waals surface area (Å²) in [5.41, 5.74) is 1.90. The van der Waals surface area contributed by atoms with E-state index in [0.717, 1.165) is 11.3 Å². The van der Waals surface area contributed by atoms with Crippen LogP contribution < -0.4 is 24.4 Å². The molecule has 2 heterocycles. The molecule has 1 unspecified atom stereocenters. The number of ether oxygens (including phenoxy) is 3. The van der Waals surface area contributed by atoms with Gasteiger partial charge in [-0.1, -0.05) is 53.8 Å². The molecule has 11 heteroatoms. The zero-order valence-electron chi connectivity index (χ0n) is 22.4. The van der Waals surface area contributed by atoms with E-state index < -0.39 is 22.5 Å². The molecule has 208 valence electrons. The van der Waals surface area contributed by atoms with Gasteiger partial charge in [-0.15, -0.1) is 0 Å². The van der Waals surface area contributed by atoms with Gasteiger partial charge in [0.2, 0.25) is 0 Å². The third-order valence-electron chi connectivity index (χ3n) is 6.50. The van der Waals surface area contributed by atoms with E-state index in [0.29, 0.717) is 43.2 Å². The fraction of sp³-hybridized carbons (Fsp3) is 0.167. The van der Waals surface area contributed by atoms with E-state index in [4.69, 9.17) is 19.2 Å². The molecule has 1 aliphatic rings. The molecular weight excluding hydrogens is 546 g/mol. The topological polar surface area (TPSA) is 122 Å². The molecule has 5 rings (SSSR count). The molecule has 0 saturated carbocycles. The Morgan fingerprint density at radius 3 is 2.41 bits per heavy atom. The van der Waals surface area contributed by atoms with Crippen molar-refractivity contribution in [1.82, 2.24) is 4.57 Å². The number of nitro benzene ring substituents is 1. The van der Waals surface area contributed by atoms with Crippen LogP contribution in [0.1, 0.15) is 29.7 Å². The van der Waals surface area contributed by atoms with Crippen molar-refractivity contribution in [3.8, 4) is 11.5 Å². The summed E-state index contributed by atoms with van der Waals surface area (Å²) in [6.07, 6.45) is 1.64. The van der Waals surface area contributed by atoms with Gasteiger partial charge in [0, 0.05) is 23.3 Å². The van der Waals surface area contributed by atoms with Crippen LogP contribution in [0.2, 0.25) is 0 Å². The fourth-order valence-corrected chi connectivity index (χ4v) is 5.71. The Kier molecular flexibility index (Phi) is 7.79. The zero-order valence-corrected chi connectivity index (χ0v) is 23.2. The van der Waals surface area contributed by atoms with Gasteiger partial charge in [-0.3, -0.25) is 19.5 Å². The van der Waals surface area contributed by atoms with Crippen LogP contribution in [-0.2, 0) is 9.53 Å². The number of hydrogen-bond donors (Lipinski definition) is 0. The van der Waals surface area contributed by atoms with Crippen molar-refractivity contribution in [3.63, 3.8) is 0 Å². The number of nitro groups is 1. The largest absolute Gasteiger partial charge is 0.493 e. The van der Waals surface area contributed by atoms with Gasteiger partial charge in [0.05, 0.1) is 41.6 Å². The first-order chi connectivity index (χ1) is 19.9. The van der Waals surface area contributed by atoms with E-state index in [1.807, 2.05) is 30.3 Å². The molecule has 0 saturated heterocycles. The maximum absolute atomic E-state index is 14.0. The van der Waals surface area contributed by atoms with E-state index in [9.17, 15) is 19.7 Å². The number of para-hydroxylation sites is 1. The number of fused-ring (bicyclic) bond motifs is 1. The summed E-state index contributed by atoms with van der Waals surface area (Å²) in [6.45, 7) is 1.83. The number of hydrogen-bond acceptors (Lipinski definition) is 9. The number of esters is 1. The number of carbonyl (C=O) groups is 1. The molecule has 10 nitrogen and oxygen atoms in total. The lowest BCUT2D eigenvalue weighted by Crippen LogP contribution is -2.40. The minimum absolute atomic E-state index is 0.0553. The highest BCUT2D eigenvalue weighted by atomic mass is 32.1. The van der Waals surface area contributed by atoms with Gasteiger partial charge in [-0.25, -0.2) is 9.79 Å². The highest BCUT2D eigenvalue weighted by Gasteiger charge is 2.37. The van der Waals surface area contributed by atoms with E-state index in [1.54, 1.807) is 43.3 Å². The zero-order chi connectivity index (χ0) is 29.1. The van der Waals surface area contributed by atoms with Crippen LogP contribution >= 0.6 is 11.3 Å². The average molecular weight is 572 g/mol. The smallest absolute Gasteiger partial charge is 0.338 e. The number of nitrogens with zero attached hydrogens (tertiary/aromatic N) is 3. The first-order valence-electron chi connectivity index (χ1n) is 12.6.